The Morgan fingerprint density at radius 1 is 1.30 bits per heavy atom. The second kappa shape index (κ2) is 4.06. The Hall–Kier alpha value is -0.830. The van der Waals surface area contributed by atoms with Crippen molar-refractivity contribution in [3.05, 3.63) is 35.9 Å². The highest BCUT2D eigenvalue weighted by molar-refractivity contribution is 7.54. The molecular weight excluding hydrogens is 146 g/mol. The normalized spacial score (nSPS) is 9.20. The van der Waals surface area contributed by atoms with E-state index in [-0.39, 0.29) is 11.5 Å². The lowest BCUT2D eigenvalue weighted by atomic mass is 10.2. The predicted octanol–water partition coefficient (Wildman–Crippen LogP) is 1.53. The maximum atomic E-state index is 9.91. The summed E-state index contributed by atoms with van der Waals surface area (Å²) >= 11 is -0.135. The summed E-state index contributed by atoms with van der Waals surface area (Å²) in [6.07, 6.45) is 0. The van der Waals surface area contributed by atoms with Crippen LogP contribution in [-0.4, -0.2) is 0 Å². The molecule has 0 N–H and O–H groups in total. The van der Waals surface area contributed by atoms with Crippen LogP contribution in [0.25, 0.3) is 0 Å². The van der Waals surface area contributed by atoms with Crippen molar-refractivity contribution >= 4 is 11.5 Å². The van der Waals surface area contributed by atoms with Gasteiger partial charge in [0.25, 0.3) is 0 Å². The Kier molecular flexibility index (Phi) is 2.96. The summed E-state index contributed by atoms with van der Waals surface area (Å²) in [6.45, 7) is 0.534. The number of nitrogens with zero attached hydrogens (tertiary/aromatic N) is 1. The van der Waals surface area contributed by atoms with Crippen molar-refractivity contribution in [1.29, 1.82) is 0 Å². The Balaban J connectivity index is 2.67. The van der Waals surface area contributed by atoms with Crippen LogP contribution in [0.1, 0.15) is 5.56 Å². The molecule has 0 spiro atoms. The minimum Gasteiger partial charge on any atom is -0.447 e. The molecule has 0 aromatic heterocycles. The SMILES string of the molecule is O=[SH-]=NCc1ccccc1. The van der Waals surface area contributed by atoms with E-state index >= 15 is 0 Å². The van der Waals surface area contributed by atoms with Gasteiger partial charge in [0.05, 0.1) is 0 Å². The molecule has 0 aliphatic heterocycles. The zero-order chi connectivity index (χ0) is 7.23. The lowest BCUT2D eigenvalue weighted by Gasteiger charge is -1.94. The molecular formula is C7H8NOS-. The zero-order valence-electron chi connectivity index (χ0n) is 5.40. The van der Waals surface area contributed by atoms with Crippen LogP contribution in [0.2, 0.25) is 0 Å². The molecule has 0 unspecified atom stereocenters. The van der Waals surface area contributed by atoms with Crippen LogP contribution in [0.15, 0.2) is 34.7 Å². The summed E-state index contributed by atoms with van der Waals surface area (Å²) in [4.78, 5) is 0. The average Bonchev–Trinajstić information content (AvgIpc) is 2.03. The van der Waals surface area contributed by atoms with Gasteiger partial charge in [-0.1, -0.05) is 30.3 Å². The Bertz CT molecular complexity index is 241. The first-order chi connectivity index (χ1) is 4.93. The first-order valence-corrected chi connectivity index (χ1v) is 3.73. The monoisotopic (exact) mass is 154 g/mol. The van der Waals surface area contributed by atoms with Gasteiger partial charge in [0, 0.05) is 6.54 Å². The van der Waals surface area contributed by atoms with E-state index in [2.05, 4.69) is 4.36 Å². The average molecular weight is 154 g/mol. The van der Waals surface area contributed by atoms with Gasteiger partial charge in [-0.15, -0.1) is 0 Å². The van der Waals surface area contributed by atoms with E-state index in [1.165, 1.54) is 0 Å². The fraction of sp³-hybridized carbons (Fsp3) is 0.143. The molecule has 1 aromatic carbocycles. The fourth-order valence-electron chi connectivity index (χ4n) is 0.694. The molecule has 0 saturated heterocycles. The second-order valence-electron chi connectivity index (χ2n) is 1.87. The third kappa shape index (κ3) is 2.19. The Labute approximate surface area is 63.1 Å². The zero-order valence-corrected chi connectivity index (χ0v) is 6.29. The molecule has 0 bridgehead atoms. The van der Waals surface area contributed by atoms with Crippen molar-refractivity contribution in [1.82, 2.24) is 0 Å². The molecule has 0 heterocycles. The van der Waals surface area contributed by atoms with E-state index < -0.39 is 0 Å². The number of thiol groups is 1. The maximum Gasteiger partial charge on any atom is 0.0374 e. The van der Waals surface area contributed by atoms with Gasteiger partial charge < -0.3 is 8.57 Å². The molecule has 0 saturated carbocycles. The van der Waals surface area contributed by atoms with Gasteiger partial charge in [-0.2, -0.15) is 0 Å². The third-order valence-electron chi connectivity index (χ3n) is 1.15. The van der Waals surface area contributed by atoms with Gasteiger partial charge in [-0.25, -0.2) is 11.5 Å². The lowest BCUT2D eigenvalue weighted by molar-refractivity contribution is 0.607. The molecule has 10 heavy (non-hydrogen) atoms. The lowest BCUT2D eigenvalue weighted by Crippen LogP contribution is -1.76. The van der Waals surface area contributed by atoms with Gasteiger partial charge in [-0.3, -0.25) is 0 Å². The van der Waals surface area contributed by atoms with Crippen LogP contribution in [0.3, 0.4) is 0 Å². The molecule has 0 aliphatic rings. The molecule has 0 radical (unpaired) electrons. The van der Waals surface area contributed by atoms with Crippen LogP contribution in [-0.2, 0) is 22.2 Å². The van der Waals surface area contributed by atoms with Gasteiger partial charge in [0.1, 0.15) is 0 Å². The minimum atomic E-state index is -0.135. The number of hydrogen-bond donors (Lipinski definition) is 0. The highest BCUT2D eigenvalue weighted by Crippen LogP contribution is 1.98. The summed E-state index contributed by atoms with van der Waals surface area (Å²) < 4.78 is 13.6. The van der Waals surface area contributed by atoms with Crippen LogP contribution in [0, 0.1) is 0 Å². The van der Waals surface area contributed by atoms with Gasteiger partial charge in [-0.05, 0) is 5.56 Å². The van der Waals surface area contributed by atoms with E-state index in [0.29, 0.717) is 6.54 Å². The van der Waals surface area contributed by atoms with Gasteiger partial charge in [0.15, 0.2) is 0 Å². The molecule has 2 nitrogen and oxygen atoms in total. The molecule has 0 atom stereocenters. The van der Waals surface area contributed by atoms with Gasteiger partial charge >= 0.3 is 0 Å². The molecule has 1 aromatic rings. The van der Waals surface area contributed by atoms with Crippen LogP contribution in [0.5, 0.6) is 0 Å². The van der Waals surface area contributed by atoms with Crippen LogP contribution >= 0.6 is 0 Å². The summed E-state index contributed by atoms with van der Waals surface area (Å²) in [5.41, 5.74) is 1.09. The Morgan fingerprint density at radius 2 is 2.00 bits per heavy atom. The van der Waals surface area contributed by atoms with E-state index in [0.717, 1.165) is 5.56 Å². The van der Waals surface area contributed by atoms with E-state index in [1.54, 1.807) is 0 Å². The molecule has 0 fully saturated rings. The van der Waals surface area contributed by atoms with Gasteiger partial charge in [0.2, 0.25) is 0 Å². The van der Waals surface area contributed by atoms with Crippen LogP contribution in [0.4, 0.5) is 0 Å². The largest absolute Gasteiger partial charge is 0.447 e. The number of rotatable bonds is 2. The van der Waals surface area contributed by atoms with E-state index in [1.807, 2.05) is 30.3 Å². The second-order valence-corrected chi connectivity index (χ2v) is 2.31. The number of hydrogen-bond acceptors (Lipinski definition) is 3. The van der Waals surface area contributed by atoms with E-state index in [9.17, 15) is 4.21 Å². The van der Waals surface area contributed by atoms with Crippen molar-refractivity contribution in [3.63, 3.8) is 0 Å². The molecule has 0 aliphatic carbocycles. The third-order valence-corrected chi connectivity index (χ3v) is 1.41. The number of benzene rings is 1. The molecule has 3 heteroatoms. The highest BCUT2D eigenvalue weighted by Gasteiger charge is 1.81. The summed E-state index contributed by atoms with van der Waals surface area (Å²) in [5, 5.41) is 0. The van der Waals surface area contributed by atoms with Crippen molar-refractivity contribution in [3.8, 4) is 0 Å². The predicted molar refractivity (Wildman–Crippen MR) is 42.0 cm³/mol. The molecule has 54 valence electrons. The Morgan fingerprint density at radius 3 is 2.60 bits per heavy atom. The smallest absolute Gasteiger partial charge is 0.0374 e. The van der Waals surface area contributed by atoms with Crippen molar-refractivity contribution in [2.45, 2.75) is 6.54 Å². The van der Waals surface area contributed by atoms with Crippen LogP contribution < -0.4 is 0 Å². The fourth-order valence-corrected chi connectivity index (χ4v) is 0.915. The highest BCUT2D eigenvalue weighted by atomic mass is 32.1. The van der Waals surface area contributed by atoms with Crippen molar-refractivity contribution in [2.24, 2.45) is 4.36 Å². The quantitative estimate of drug-likeness (QED) is 0.469. The summed E-state index contributed by atoms with van der Waals surface area (Å²) in [7, 11) is 0. The topological polar surface area (TPSA) is 29.4 Å². The maximum absolute atomic E-state index is 9.91. The summed E-state index contributed by atoms with van der Waals surface area (Å²) in [5.74, 6) is 0. The molecule has 1 rings (SSSR count). The first kappa shape index (κ1) is 7.28. The minimum absolute atomic E-state index is 0.135. The van der Waals surface area contributed by atoms with Crippen molar-refractivity contribution in [2.75, 3.05) is 0 Å². The standard InChI is InChI=1S/C7H8NOS/c9-10-8-6-7-4-2-1-3-5-7/h1-5,10H,6H2/q-1. The first-order valence-electron chi connectivity index (χ1n) is 2.96. The van der Waals surface area contributed by atoms with Crippen molar-refractivity contribution < 1.29 is 4.21 Å². The molecule has 0 amide bonds. The van der Waals surface area contributed by atoms with E-state index in [4.69, 9.17) is 0 Å². The summed E-state index contributed by atoms with van der Waals surface area (Å²) in [6, 6.07) is 9.72.